The van der Waals surface area contributed by atoms with E-state index in [1.165, 1.54) is 4.90 Å². The summed E-state index contributed by atoms with van der Waals surface area (Å²) >= 11 is 0. The molecule has 4 rings (SSSR count). The third kappa shape index (κ3) is 4.34. The summed E-state index contributed by atoms with van der Waals surface area (Å²) in [4.78, 5) is 1.61. The molecule has 2 aromatic rings. The van der Waals surface area contributed by atoms with Crippen molar-refractivity contribution >= 4 is 10.0 Å². The molecule has 0 amide bonds. The predicted octanol–water partition coefficient (Wildman–Crippen LogP) is 0.946. The highest BCUT2D eigenvalue weighted by Gasteiger charge is 2.31. The molecule has 2 aromatic carbocycles. The first-order chi connectivity index (χ1) is 14.1. The highest BCUT2D eigenvalue weighted by molar-refractivity contribution is 7.89. The molecular formula is C21H27N2O5S+. The van der Waals surface area contributed by atoms with Gasteiger partial charge in [0.05, 0.1) is 51.4 Å². The number of methoxy groups -OCH3 is 1. The van der Waals surface area contributed by atoms with Crippen LogP contribution in [-0.4, -0.2) is 59.2 Å². The monoisotopic (exact) mass is 419 g/mol. The molecule has 0 radical (unpaired) electrons. The van der Waals surface area contributed by atoms with Crippen LogP contribution in [0, 0.1) is 0 Å². The van der Waals surface area contributed by atoms with E-state index in [0.29, 0.717) is 37.8 Å². The fraction of sp³-hybridized carbons (Fsp3) is 0.429. The Kier molecular flexibility index (Phi) is 5.94. The second-order valence-electron chi connectivity index (χ2n) is 7.30. The van der Waals surface area contributed by atoms with Crippen LogP contribution in [-0.2, 0) is 16.6 Å². The molecule has 0 bridgehead atoms. The topological polar surface area (TPSA) is 69.5 Å². The Morgan fingerprint density at radius 2 is 1.76 bits per heavy atom. The van der Waals surface area contributed by atoms with Gasteiger partial charge in [-0.1, -0.05) is 12.1 Å². The van der Waals surface area contributed by atoms with Crippen molar-refractivity contribution in [2.45, 2.75) is 17.9 Å². The summed E-state index contributed by atoms with van der Waals surface area (Å²) in [5.74, 6) is 1.98. The molecule has 2 heterocycles. The molecule has 0 atom stereocenters. The lowest BCUT2D eigenvalue weighted by Gasteiger charge is -2.31. The summed E-state index contributed by atoms with van der Waals surface area (Å²) in [6.07, 6.45) is 0.785. The first kappa shape index (κ1) is 20.0. The molecule has 2 aliphatic rings. The number of piperazine rings is 1. The van der Waals surface area contributed by atoms with Gasteiger partial charge in [-0.3, -0.25) is 0 Å². The Hall–Kier alpha value is -2.29. The minimum absolute atomic E-state index is 0.259. The van der Waals surface area contributed by atoms with Crippen LogP contribution in [0.3, 0.4) is 0 Å². The zero-order valence-electron chi connectivity index (χ0n) is 16.6. The summed E-state index contributed by atoms with van der Waals surface area (Å²) < 4.78 is 44.5. The Morgan fingerprint density at radius 1 is 1.03 bits per heavy atom. The number of hydrogen-bond donors (Lipinski definition) is 1. The van der Waals surface area contributed by atoms with Gasteiger partial charge in [0, 0.05) is 18.1 Å². The maximum Gasteiger partial charge on any atom is 0.243 e. The Morgan fingerprint density at radius 3 is 2.52 bits per heavy atom. The van der Waals surface area contributed by atoms with Crippen LogP contribution < -0.4 is 19.1 Å². The minimum Gasteiger partial charge on any atom is -0.496 e. The molecule has 0 unspecified atom stereocenters. The van der Waals surface area contributed by atoms with E-state index in [-0.39, 0.29) is 4.90 Å². The highest BCUT2D eigenvalue weighted by atomic mass is 32.2. The molecular weight excluding hydrogens is 392 g/mol. The second kappa shape index (κ2) is 8.61. The van der Waals surface area contributed by atoms with Gasteiger partial charge in [0.15, 0.2) is 11.5 Å². The maximum atomic E-state index is 13.1. The van der Waals surface area contributed by atoms with Crippen LogP contribution in [0.25, 0.3) is 0 Å². The van der Waals surface area contributed by atoms with Gasteiger partial charge in [0.2, 0.25) is 10.0 Å². The van der Waals surface area contributed by atoms with E-state index >= 15 is 0 Å². The van der Waals surface area contributed by atoms with Crippen molar-refractivity contribution in [3.8, 4) is 17.2 Å². The van der Waals surface area contributed by atoms with Crippen molar-refractivity contribution in [2.24, 2.45) is 0 Å². The number of benzene rings is 2. The summed E-state index contributed by atoms with van der Waals surface area (Å²) in [5.41, 5.74) is 1.14. The molecule has 7 nitrogen and oxygen atoms in total. The molecule has 0 aliphatic carbocycles. The van der Waals surface area contributed by atoms with Gasteiger partial charge in [0.25, 0.3) is 0 Å². The normalized spacial score (nSPS) is 18.2. The van der Waals surface area contributed by atoms with Gasteiger partial charge < -0.3 is 19.1 Å². The van der Waals surface area contributed by atoms with Crippen molar-refractivity contribution in [1.29, 1.82) is 0 Å². The number of hydrogen-bond acceptors (Lipinski definition) is 5. The van der Waals surface area contributed by atoms with Gasteiger partial charge in [0.1, 0.15) is 12.3 Å². The number of rotatable bonds is 5. The lowest BCUT2D eigenvalue weighted by molar-refractivity contribution is -0.917. The largest absolute Gasteiger partial charge is 0.496 e. The molecule has 0 aromatic heterocycles. The van der Waals surface area contributed by atoms with Gasteiger partial charge in [-0.05, 0) is 24.3 Å². The van der Waals surface area contributed by atoms with Gasteiger partial charge in [-0.2, -0.15) is 4.31 Å². The third-order valence-electron chi connectivity index (χ3n) is 5.42. The van der Waals surface area contributed by atoms with Gasteiger partial charge in [-0.25, -0.2) is 8.42 Å². The van der Waals surface area contributed by atoms with Gasteiger partial charge >= 0.3 is 0 Å². The summed E-state index contributed by atoms with van der Waals surface area (Å²) in [6.45, 7) is 4.41. The standard InChI is InChI=1S/C21H26N2O5S/c1-26-19-6-3-2-5-17(19)16-22-9-11-23(12-10-22)29(24,25)18-7-8-20-21(15-18)28-14-4-13-27-20/h2-3,5-8,15H,4,9-14,16H2,1H3/p+1. The number of ether oxygens (including phenoxy) is 3. The lowest BCUT2D eigenvalue weighted by atomic mass is 10.2. The Balaban J connectivity index is 1.43. The number of sulfonamides is 1. The average molecular weight is 420 g/mol. The Labute approximate surface area is 171 Å². The second-order valence-corrected chi connectivity index (χ2v) is 9.24. The number of nitrogens with one attached hydrogen (secondary N) is 1. The Bertz CT molecular complexity index is 955. The fourth-order valence-electron chi connectivity index (χ4n) is 3.79. The zero-order chi connectivity index (χ0) is 20.3. The molecule has 1 N–H and O–H groups in total. The molecule has 8 heteroatoms. The van der Waals surface area contributed by atoms with Crippen LogP contribution in [0.15, 0.2) is 47.4 Å². The number of quaternary nitrogens is 1. The third-order valence-corrected chi connectivity index (χ3v) is 7.31. The fourth-order valence-corrected chi connectivity index (χ4v) is 5.25. The van der Waals surface area contributed by atoms with Crippen molar-refractivity contribution < 1.29 is 27.5 Å². The lowest BCUT2D eigenvalue weighted by Crippen LogP contribution is -3.13. The van der Waals surface area contributed by atoms with E-state index in [1.807, 2.05) is 18.2 Å². The number of nitrogens with zero attached hydrogens (tertiary/aromatic N) is 1. The summed E-state index contributed by atoms with van der Waals surface area (Å²) in [7, 11) is -1.88. The smallest absolute Gasteiger partial charge is 0.243 e. The van der Waals surface area contributed by atoms with E-state index in [4.69, 9.17) is 14.2 Å². The molecule has 29 heavy (non-hydrogen) atoms. The molecule has 0 saturated carbocycles. The van der Waals surface area contributed by atoms with E-state index in [2.05, 4.69) is 6.07 Å². The average Bonchev–Trinajstić information content (AvgIpc) is 2.99. The van der Waals surface area contributed by atoms with E-state index < -0.39 is 10.0 Å². The summed E-state index contributed by atoms with van der Waals surface area (Å²) in [6, 6.07) is 12.9. The maximum absolute atomic E-state index is 13.1. The minimum atomic E-state index is -3.56. The quantitative estimate of drug-likeness (QED) is 0.782. The summed E-state index contributed by atoms with van der Waals surface area (Å²) in [5, 5.41) is 0. The molecule has 1 saturated heterocycles. The van der Waals surface area contributed by atoms with E-state index in [1.54, 1.807) is 29.6 Å². The van der Waals surface area contributed by atoms with Crippen LogP contribution in [0.2, 0.25) is 0 Å². The molecule has 2 aliphatic heterocycles. The van der Waals surface area contributed by atoms with Crippen LogP contribution in [0.1, 0.15) is 12.0 Å². The molecule has 1 fully saturated rings. The van der Waals surface area contributed by atoms with E-state index in [0.717, 1.165) is 37.4 Å². The first-order valence-electron chi connectivity index (χ1n) is 9.93. The van der Waals surface area contributed by atoms with Crippen molar-refractivity contribution in [3.05, 3.63) is 48.0 Å². The van der Waals surface area contributed by atoms with Crippen LogP contribution in [0.5, 0.6) is 17.2 Å². The first-order valence-corrected chi connectivity index (χ1v) is 11.4. The van der Waals surface area contributed by atoms with Gasteiger partial charge in [-0.15, -0.1) is 0 Å². The van der Waals surface area contributed by atoms with Crippen molar-refractivity contribution in [3.63, 3.8) is 0 Å². The number of para-hydroxylation sites is 1. The molecule has 0 spiro atoms. The highest BCUT2D eigenvalue weighted by Crippen LogP contribution is 2.32. The predicted molar refractivity (Wildman–Crippen MR) is 108 cm³/mol. The van der Waals surface area contributed by atoms with Crippen molar-refractivity contribution in [2.75, 3.05) is 46.5 Å². The van der Waals surface area contributed by atoms with Crippen LogP contribution in [0.4, 0.5) is 0 Å². The molecule has 156 valence electrons. The van der Waals surface area contributed by atoms with Crippen LogP contribution >= 0.6 is 0 Å². The number of fused-ring (bicyclic) bond motifs is 1. The van der Waals surface area contributed by atoms with Crippen molar-refractivity contribution in [1.82, 2.24) is 4.31 Å². The SMILES string of the molecule is COc1ccccc1C[NH+]1CCN(S(=O)(=O)c2ccc3c(c2)OCCCO3)CC1. The zero-order valence-corrected chi connectivity index (χ0v) is 17.4. The van der Waals surface area contributed by atoms with E-state index in [9.17, 15) is 8.42 Å².